The second kappa shape index (κ2) is 5.30. The number of benzene rings is 1. The van der Waals surface area contributed by atoms with E-state index in [2.05, 4.69) is 15.3 Å². The van der Waals surface area contributed by atoms with Crippen LogP contribution in [-0.4, -0.2) is 15.9 Å². The highest BCUT2D eigenvalue weighted by atomic mass is 16.1. The number of aryl methyl sites for hydroxylation is 1. The van der Waals surface area contributed by atoms with Crippen molar-refractivity contribution in [3.8, 4) is 0 Å². The summed E-state index contributed by atoms with van der Waals surface area (Å²) in [5.41, 5.74) is 3.11. The Morgan fingerprint density at radius 2 is 2.35 bits per heavy atom. The summed E-state index contributed by atoms with van der Waals surface area (Å²) < 4.78 is 0. The summed E-state index contributed by atoms with van der Waals surface area (Å²) in [4.78, 5) is 18.5. The molecule has 1 heterocycles. The number of hydrogen-bond acceptors (Lipinski definition) is 2. The summed E-state index contributed by atoms with van der Waals surface area (Å²) in [6.45, 7) is 2.51. The van der Waals surface area contributed by atoms with E-state index in [9.17, 15) is 4.79 Å². The minimum atomic E-state index is 0.0187. The Hall–Kier alpha value is -2.10. The van der Waals surface area contributed by atoms with Gasteiger partial charge in [0.05, 0.1) is 25.0 Å². The van der Waals surface area contributed by atoms with Crippen molar-refractivity contribution in [3.63, 3.8) is 0 Å². The zero-order valence-corrected chi connectivity index (χ0v) is 9.73. The molecule has 4 heteroatoms. The van der Waals surface area contributed by atoms with Crippen molar-refractivity contribution in [2.45, 2.75) is 19.9 Å². The second-order valence-corrected chi connectivity index (χ2v) is 4.02. The Kier molecular flexibility index (Phi) is 3.55. The molecule has 4 nitrogen and oxygen atoms in total. The summed E-state index contributed by atoms with van der Waals surface area (Å²) in [6, 6.07) is 7.97. The van der Waals surface area contributed by atoms with Gasteiger partial charge >= 0.3 is 0 Å². The number of imidazole rings is 1. The van der Waals surface area contributed by atoms with Gasteiger partial charge in [0.25, 0.3) is 0 Å². The van der Waals surface area contributed by atoms with Crippen LogP contribution in [0.2, 0.25) is 0 Å². The van der Waals surface area contributed by atoms with Crippen LogP contribution in [0.3, 0.4) is 0 Å². The minimum Gasteiger partial charge on any atom is -0.350 e. The van der Waals surface area contributed by atoms with Gasteiger partial charge in [0, 0.05) is 6.20 Å². The van der Waals surface area contributed by atoms with Gasteiger partial charge < -0.3 is 10.3 Å². The molecule has 0 unspecified atom stereocenters. The summed E-state index contributed by atoms with van der Waals surface area (Å²) in [5.74, 6) is 0.0187. The van der Waals surface area contributed by atoms with E-state index in [4.69, 9.17) is 0 Å². The van der Waals surface area contributed by atoms with Crippen LogP contribution in [0.15, 0.2) is 36.8 Å². The van der Waals surface area contributed by atoms with Gasteiger partial charge in [-0.1, -0.05) is 29.8 Å². The van der Waals surface area contributed by atoms with E-state index in [1.54, 1.807) is 12.5 Å². The first-order valence-electron chi connectivity index (χ1n) is 5.53. The molecule has 2 rings (SSSR count). The molecule has 0 aliphatic rings. The third-order valence-corrected chi connectivity index (χ3v) is 2.48. The van der Waals surface area contributed by atoms with Gasteiger partial charge in [-0.15, -0.1) is 0 Å². The molecule has 17 heavy (non-hydrogen) atoms. The standard InChI is InChI=1S/C13H15N3O/c1-10-3-2-4-11(5-10)6-13(17)15-8-12-7-14-9-16-12/h2-5,7,9H,6,8H2,1H3,(H,14,16)(H,15,17). The summed E-state index contributed by atoms with van der Waals surface area (Å²) in [6.07, 6.45) is 3.71. The van der Waals surface area contributed by atoms with E-state index in [1.165, 1.54) is 5.56 Å². The highest BCUT2D eigenvalue weighted by Crippen LogP contribution is 2.04. The lowest BCUT2D eigenvalue weighted by atomic mass is 10.1. The first-order valence-corrected chi connectivity index (χ1v) is 5.53. The number of aromatic amines is 1. The predicted octanol–water partition coefficient (Wildman–Crippen LogP) is 1.58. The van der Waals surface area contributed by atoms with Gasteiger partial charge in [0.2, 0.25) is 5.91 Å². The fourth-order valence-electron chi connectivity index (χ4n) is 1.65. The molecule has 0 saturated heterocycles. The largest absolute Gasteiger partial charge is 0.350 e. The molecule has 1 aromatic carbocycles. The van der Waals surface area contributed by atoms with Crippen LogP contribution in [0.25, 0.3) is 0 Å². The second-order valence-electron chi connectivity index (χ2n) is 4.02. The third kappa shape index (κ3) is 3.45. The molecule has 0 spiro atoms. The number of hydrogen-bond donors (Lipinski definition) is 2. The molecule has 1 amide bonds. The maximum absolute atomic E-state index is 11.7. The van der Waals surface area contributed by atoms with Gasteiger partial charge in [-0.25, -0.2) is 4.98 Å². The molecule has 0 fully saturated rings. The fraction of sp³-hybridized carbons (Fsp3) is 0.231. The third-order valence-electron chi connectivity index (χ3n) is 2.48. The first kappa shape index (κ1) is 11.4. The van der Waals surface area contributed by atoms with Crippen molar-refractivity contribution in [1.82, 2.24) is 15.3 Å². The van der Waals surface area contributed by atoms with Crippen LogP contribution in [0, 0.1) is 6.92 Å². The Morgan fingerprint density at radius 3 is 3.06 bits per heavy atom. The van der Waals surface area contributed by atoms with Crippen molar-refractivity contribution in [1.29, 1.82) is 0 Å². The van der Waals surface area contributed by atoms with Gasteiger partial charge in [-0.2, -0.15) is 0 Å². The van der Waals surface area contributed by atoms with Gasteiger partial charge in [0.1, 0.15) is 0 Å². The Morgan fingerprint density at radius 1 is 1.47 bits per heavy atom. The van der Waals surface area contributed by atoms with Crippen LogP contribution in [-0.2, 0) is 17.8 Å². The molecule has 88 valence electrons. The maximum atomic E-state index is 11.7. The van der Waals surface area contributed by atoms with Crippen molar-refractivity contribution in [2.24, 2.45) is 0 Å². The number of nitrogens with zero attached hydrogens (tertiary/aromatic N) is 1. The summed E-state index contributed by atoms with van der Waals surface area (Å²) in [7, 11) is 0. The van der Waals surface area contributed by atoms with Crippen LogP contribution in [0.5, 0.6) is 0 Å². The van der Waals surface area contributed by atoms with Gasteiger partial charge in [-0.3, -0.25) is 4.79 Å². The average molecular weight is 229 g/mol. The molecular formula is C13H15N3O. The molecule has 1 aromatic heterocycles. The number of carbonyl (C=O) groups is 1. The van der Waals surface area contributed by atoms with Crippen LogP contribution in [0.1, 0.15) is 16.8 Å². The Bertz CT molecular complexity index is 491. The zero-order valence-electron chi connectivity index (χ0n) is 9.73. The molecular weight excluding hydrogens is 214 g/mol. The Labute approximate surface area is 100 Å². The van der Waals surface area contributed by atoms with E-state index in [0.29, 0.717) is 13.0 Å². The van der Waals surface area contributed by atoms with Crippen molar-refractivity contribution < 1.29 is 4.79 Å². The molecule has 2 N–H and O–H groups in total. The van der Waals surface area contributed by atoms with E-state index >= 15 is 0 Å². The van der Waals surface area contributed by atoms with E-state index in [-0.39, 0.29) is 5.91 Å². The molecule has 0 aliphatic carbocycles. The summed E-state index contributed by atoms with van der Waals surface area (Å²) in [5, 5.41) is 2.84. The maximum Gasteiger partial charge on any atom is 0.224 e. The normalized spacial score (nSPS) is 10.2. The SMILES string of the molecule is Cc1cccc(CC(=O)NCc2cnc[nH]2)c1. The van der Waals surface area contributed by atoms with Crippen LogP contribution >= 0.6 is 0 Å². The monoisotopic (exact) mass is 229 g/mol. The Balaban J connectivity index is 1.85. The lowest BCUT2D eigenvalue weighted by Crippen LogP contribution is -2.24. The topological polar surface area (TPSA) is 57.8 Å². The number of amides is 1. The van der Waals surface area contributed by atoms with Crippen molar-refractivity contribution in [3.05, 3.63) is 53.6 Å². The smallest absolute Gasteiger partial charge is 0.224 e. The number of aromatic nitrogens is 2. The van der Waals surface area contributed by atoms with E-state index in [1.807, 2.05) is 31.2 Å². The van der Waals surface area contributed by atoms with Gasteiger partial charge in [0.15, 0.2) is 0 Å². The first-order chi connectivity index (χ1) is 8.24. The number of H-pyrrole nitrogens is 1. The molecule has 0 bridgehead atoms. The zero-order chi connectivity index (χ0) is 12.1. The van der Waals surface area contributed by atoms with Crippen LogP contribution < -0.4 is 5.32 Å². The molecule has 0 atom stereocenters. The van der Waals surface area contributed by atoms with E-state index in [0.717, 1.165) is 11.3 Å². The number of carbonyl (C=O) groups excluding carboxylic acids is 1. The molecule has 0 saturated carbocycles. The predicted molar refractivity (Wildman–Crippen MR) is 65.3 cm³/mol. The highest BCUT2D eigenvalue weighted by molar-refractivity contribution is 5.78. The molecule has 0 radical (unpaired) electrons. The lowest BCUT2D eigenvalue weighted by Gasteiger charge is -2.04. The number of rotatable bonds is 4. The molecule has 0 aliphatic heterocycles. The summed E-state index contributed by atoms with van der Waals surface area (Å²) >= 11 is 0. The van der Waals surface area contributed by atoms with Crippen LogP contribution in [0.4, 0.5) is 0 Å². The van der Waals surface area contributed by atoms with Crippen molar-refractivity contribution >= 4 is 5.91 Å². The lowest BCUT2D eigenvalue weighted by molar-refractivity contribution is -0.120. The average Bonchev–Trinajstić information content (AvgIpc) is 2.79. The number of nitrogens with one attached hydrogen (secondary N) is 2. The fourth-order valence-corrected chi connectivity index (χ4v) is 1.65. The molecule has 2 aromatic rings. The van der Waals surface area contributed by atoms with Crippen molar-refractivity contribution in [2.75, 3.05) is 0 Å². The highest BCUT2D eigenvalue weighted by Gasteiger charge is 2.03. The quantitative estimate of drug-likeness (QED) is 0.836. The van der Waals surface area contributed by atoms with E-state index < -0.39 is 0 Å². The minimum absolute atomic E-state index is 0.0187. The van der Waals surface area contributed by atoms with Gasteiger partial charge in [-0.05, 0) is 12.5 Å².